The van der Waals surface area contributed by atoms with E-state index in [1.165, 1.54) is 6.20 Å². The summed E-state index contributed by atoms with van der Waals surface area (Å²) >= 11 is 5.73. The van der Waals surface area contributed by atoms with Gasteiger partial charge in [0.2, 0.25) is 0 Å². The fourth-order valence-electron chi connectivity index (χ4n) is 1.81. The molecule has 1 saturated carbocycles. The van der Waals surface area contributed by atoms with E-state index >= 15 is 0 Å². The molecule has 0 radical (unpaired) electrons. The fraction of sp³-hybridized carbons (Fsp3) is 0.462. The molecular weight excluding hydrogens is 268 g/mol. The number of aliphatic carboxylic acids is 1. The van der Waals surface area contributed by atoms with Gasteiger partial charge in [-0.1, -0.05) is 18.5 Å². The third-order valence-corrected chi connectivity index (χ3v) is 3.31. The lowest BCUT2D eigenvalue weighted by Crippen LogP contribution is -2.38. The van der Waals surface area contributed by atoms with Crippen molar-refractivity contribution < 1.29 is 14.7 Å². The molecule has 6 heteroatoms. The molecule has 2 rings (SSSR count). The molecule has 0 bridgehead atoms. The summed E-state index contributed by atoms with van der Waals surface area (Å²) in [6.45, 7) is 1.81. The van der Waals surface area contributed by atoms with Gasteiger partial charge in [-0.3, -0.25) is 9.59 Å². The molecule has 1 aromatic rings. The predicted molar refractivity (Wildman–Crippen MR) is 70.1 cm³/mol. The van der Waals surface area contributed by atoms with Crippen LogP contribution in [0.1, 0.15) is 30.3 Å². The van der Waals surface area contributed by atoms with E-state index in [-0.39, 0.29) is 18.5 Å². The highest BCUT2D eigenvalue weighted by Gasteiger charge is 2.35. The average Bonchev–Trinajstić information content (AvgIpc) is 3.19. The number of halogens is 1. The Bertz CT molecular complexity index is 485. The molecule has 1 aliphatic rings. The van der Waals surface area contributed by atoms with Crippen molar-refractivity contribution >= 4 is 23.5 Å². The van der Waals surface area contributed by atoms with Crippen molar-refractivity contribution in [1.82, 2.24) is 9.88 Å². The molecule has 0 aromatic carbocycles. The first-order valence-electron chi connectivity index (χ1n) is 6.14. The van der Waals surface area contributed by atoms with Gasteiger partial charge in [0.1, 0.15) is 5.69 Å². The number of carbonyl (C=O) groups is 2. The highest BCUT2D eigenvalue weighted by molar-refractivity contribution is 6.30. The zero-order chi connectivity index (χ0) is 14.0. The molecule has 1 N–H and O–H groups in total. The van der Waals surface area contributed by atoms with Crippen molar-refractivity contribution in [3.05, 3.63) is 29.0 Å². The lowest BCUT2D eigenvalue weighted by atomic mass is 10.1. The Labute approximate surface area is 116 Å². The van der Waals surface area contributed by atoms with E-state index in [2.05, 4.69) is 4.98 Å². The molecule has 1 aliphatic carbocycles. The smallest absolute Gasteiger partial charge is 0.308 e. The number of carbonyl (C=O) groups excluding carboxylic acids is 1. The number of amides is 1. The van der Waals surface area contributed by atoms with Gasteiger partial charge in [0.15, 0.2) is 0 Å². The van der Waals surface area contributed by atoms with Crippen molar-refractivity contribution in [2.75, 3.05) is 6.54 Å². The van der Waals surface area contributed by atoms with Crippen LogP contribution in [0.2, 0.25) is 5.02 Å². The Morgan fingerprint density at radius 2 is 2.21 bits per heavy atom. The first-order chi connectivity index (χ1) is 8.99. The highest BCUT2D eigenvalue weighted by atomic mass is 35.5. The molecule has 102 valence electrons. The van der Waals surface area contributed by atoms with Gasteiger partial charge in [0.25, 0.3) is 5.91 Å². The van der Waals surface area contributed by atoms with E-state index in [1.54, 1.807) is 24.0 Å². The minimum atomic E-state index is -0.900. The van der Waals surface area contributed by atoms with E-state index in [9.17, 15) is 9.59 Å². The van der Waals surface area contributed by atoms with Gasteiger partial charge in [-0.05, 0) is 25.0 Å². The average molecular weight is 283 g/mol. The van der Waals surface area contributed by atoms with Gasteiger partial charge in [-0.2, -0.15) is 0 Å². The summed E-state index contributed by atoms with van der Waals surface area (Å²) in [5.74, 6) is -1.72. The lowest BCUT2D eigenvalue weighted by molar-refractivity contribution is -0.141. The van der Waals surface area contributed by atoms with Crippen LogP contribution in [-0.2, 0) is 4.79 Å². The van der Waals surface area contributed by atoms with Crippen LogP contribution >= 0.6 is 11.6 Å². The van der Waals surface area contributed by atoms with Crippen LogP contribution in [0.25, 0.3) is 0 Å². The number of carboxylic acids is 1. The molecule has 19 heavy (non-hydrogen) atoms. The summed E-state index contributed by atoms with van der Waals surface area (Å²) < 4.78 is 0. The Morgan fingerprint density at radius 1 is 1.53 bits per heavy atom. The lowest BCUT2D eigenvalue weighted by Gasteiger charge is -2.24. The van der Waals surface area contributed by atoms with E-state index in [1.807, 2.05) is 0 Å². The molecule has 0 spiro atoms. The number of hydrogen-bond acceptors (Lipinski definition) is 3. The van der Waals surface area contributed by atoms with E-state index in [4.69, 9.17) is 16.7 Å². The van der Waals surface area contributed by atoms with Gasteiger partial charge in [-0.25, -0.2) is 4.98 Å². The Balaban J connectivity index is 2.12. The summed E-state index contributed by atoms with van der Waals surface area (Å²) in [4.78, 5) is 28.8. The zero-order valence-corrected chi connectivity index (χ0v) is 11.3. The molecule has 0 aliphatic heterocycles. The maximum absolute atomic E-state index is 12.3. The fourth-order valence-corrected chi connectivity index (χ4v) is 1.92. The molecule has 1 heterocycles. The van der Waals surface area contributed by atoms with Crippen LogP contribution < -0.4 is 0 Å². The molecule has 1 fully saturated rings. The quantitative estimate of drug-likeness (QED) is 0.897. The highest BCUT2D eigenvalue weighted by Crippen LogP contribution is 2.29. The van der Waals surface area contributed by atoms with Crippen molar-refractivity contribution in [2.24, 2.45) is 5.92 Å². The zero-order valence-electron chi connectivity index (χ0n) is 10.5. The van der Waals surface area contributed by atoms with Crippen molar-refractivity contribution in [1.29, 1.82) is 0 Å². The largest absolute Gasteiger partial charge is 0.481 e. The minimum absolute atomic E-state index is 0.145. The van der Waals surface area contributed by atoms with Crippen molar-refractivity contribution in [2.45, 2.75) is 25.8 Å². The monoisotopic (exact) mass is 282 g/mol. The number of pyridine rings is 1. The molecule has 5 nitrogen and oxygen atoms in total. The number of rotatable bonds is 5. The molecule has 0 saturated heterocycles. The van der Waals surface area contributed by atoms with Gasteiger partial charge >= 0.3 is 5.97 Å². The first kappa shape index (κ1) is 13.8. The maximum atomic E-state index is 12.3. The summed E-state index contributed by atoms with van der Waals surface area (Å²) in [7, 11) is 0. The molecule has 1 amide bonds. The first-order valence-corrected chi connectivity index (χ1v) is 6.52. The molecule has 1 unspecified atom stereocenters. The van der Waals surface area contributed by atoms with Gasteiger partial charge in [0.05, 0.1) is 10.9 Å². The third-order valence-electron chi connectivity index (χ3n) is 3.09. The summed E-state index contributed by atoms with van der Waals surface area (Å²) in [5.41, 5.74) is 0.300. The van der Waals surface area contributed by atoms with Crippen molar-refractivity contribution in [3.8, 4) is 0 Å². The maximum Gasteiger partial charge on any atom is 0.308 e. The number of hydrogen-bond donors (Lipinski definition) is 1. The van der Waals surface area contributed by atoms with Crippen LogP contribution in [0.3, 0.4) is 0 Å². The topological polar surface area (TPSA) is 70.5 Å². The molecule has 1 atom stereocenters. The van der Waals surface area contributed by atoms with Gasteiger partial charge < -0.3 is 10.0 Å². The van der Waals surface area contributed by atoms with E-state index in [0.29, 0.717) is 10.7 Å². The number of nitrogens with zero attached hydrogens (tertiary/aromatic N) is 2. The summed E-state index contributed by atoms with van der Waals surface area (Å²) in [6, 6.07) is 3.31. The second-order valence-corrected chi connectivity index (χ2v) is 5.23. The van der Waals surface area contributed by atoms with Crippen molar-refractivity contribution in [3.63, 3.8) is 0 Å². The van der Waals surface area contributed by atoms with Crippen LogP contribution in [0.15, 0.2) is 18.3 Å². The van der Waals surface area contributed by atoms with Crippen LogP contribution in [0.4, 0.5) is 0 Å². The summed E-state index contributed by atoms with van der Waals surface area (Å²) in [5, 5.41) is 9.42. The van der Waals surface area contributed by atoms with Gasteiger partial charge in [0, 0.05) is 18.8 Å². The summed E-state index contributed by atoms with van der Waals surface area (Å²) in [6.07, 6.45) is 3.26. The number of aromatic nitrogens is 1. The van der Waals surface area contributed by atoms with Crippen LogP contribution in [-0.4, -0.2) is 39.5 Å². The SMILES string of the molecule is CC(CN(C(=O)c1ccc(Cl)cn1)C1CC1)C(=O)O. The van der Waals surface area contributed by atoms with Gasteiger partial charge in [-0.15, -0.1) is 0 Å². The third kappa shape index (κ3) is 3.44. The molecule has 1 aromatic heterocycles. The normalized spacial score (nSPS) is 15.9. The van der Waals surface area contributed by atoms with Crippen LogP contribution in [0.5, 0.6) is 0 Å². The predicted octanol–water partition coefficient (Wildman–Crippen LogP) is 2.06. The second kappa shape index (κ2) is 5.57. The Morgan fingerprint density at radius 3 is 2.68 bits per heavy atom. The Hall–Kier alpha value is -1.62. The standard InChI is InChI=1S/C13H15ClN2O3/c1-8(13(18)19)7-16(10-3-4-10)12(17)11-5-2-9(14)6-15-11/h2,5-6,8,10H,3-4,7H2,1H3,(H,18,19). The second-order valence-electron chi connectivity index (χ2n) is 4.79. The van der Waals surface area contributed by atoms with Crippen LogP contribution in [0, 0.1) is 5.92 Å². The minimum Gasteiger partial charge on any atom is -0.481 e. The number of carboxylic acid groups (broad SMARTS) is 1. The molecular formula is C13H15ClN2O3. The van der Waals surface area contributed by atoms with E-state index in [0.717, 1.165) is 12.8 Å². The van der Waals surface area contributed by atoms with E-state index < -0.39 is 11.9 Å². The Kier molecular flexibility index (Phi) is 4.04.